The number of amides is 1. The average molecular weight is 1110 g/mol. The van der Waals surface area contributed by atoms with Crippen LogP contribution in [0.4, 0.5) is 0 Å². The molecule has 9 nitrogen and oxygen atoms in total. The molecule has 3 atom stereocenters. The molecule has 3 unspecified atom stereocenters. The Bertz CT molecular complexity index is 1570. The first-order valence-electron chi connectivity index (χ1n) is 32.8. The Morgan fingerprint density at radius 2 is 0.821 bits per heavy atom. The molecular formula is C68H126N2O7P+. The summed E-state index contributed by atoms with van der Waals surface area (Å²) in [6, 6.07) is -0.861. The molecule has 0 saturated heterocycles. The van der Waals surface area contributed by atoms with E-state index < -0.39 is 20.0 Å². The van der Waals surface area contributed by atoms with Crippen molar-refractivity contribution in [2.45, 2.75) is 309 Å². The third kappa shape index (κ3) is 58.1. The van der Waals surface area contributed by atoms with E-state index in [9.17, 15) is 19.0 Å². The number of phosphoric ester groups is 1. The van der Waals surface area contributed by atoms with Gasteiger partial charge in [-0.05, 0) is 96.0 Å². The molecule has 454 valence electrons. The van der Waals surface area contributed by atoms with E-state index in [4.69, 9.17) is 13.8 Å². The van der Waals surface area contributed by atoms with Gasteiger partial charge in [0.15, 0.2) is 0 Å². The van der Waals surface area contributed by atoms with E-state index in [0.717, 1.165) is 96.3 Å². The van der Waals surface area contributed by atoms with Crippen LogP contribution in [0.15, 0.2) is 72.9 Å². The van der Waals surface area contributed by atoms with Crippen LogP contribution in [0, 0.1) is 0 Å². The van der Waals surface area contributed by atoms with Crippen molar-refractivity contribution in [3.63, 3.8) is 0 Å². The van der Waals surface area contributed by atoms with E-state index in [-0.39, 0.29) is 31.5 Å². The van der Waals surface area contributed by atoms with E-state index >= 15 is 0 Å². The van der Waals surface area contributed by atoms with Gasteiger partial charge in [0.2, 0.25) is 5.91 Å². The number of rotatable bonds is 59. The summed E-state index contributed by atoms with van der Waals surface area (Å²) in [5.41, 5.74) is 0. The molecule has 0 radical (unpaired) electrons. The van der Waals surface area contributed by atoms with Crippen LogP contribution in [0.3, 0.4) is 0 Å². The lowest BCUT2D eigenvalue weighted by Crippen LogP contribution is -2.47. The lowest BCUT2D eigenvalue weighted by atomic mass is 10.0. The molecule has 0 aromatic carbocycles. The van der Waals surface area contributed by atoms with Gasteiger partial charge >= 0.3 is 13.8 Å². The highest BCUT2D eigenvalue weighted by Crippen LogP contribution is 2.43. The van der Waals surface area contributed by atoms with E-state index in [0.29, 0.717) is 17.4 Å². The number of ether oxygens (including phenoxy) is 1. The molecule has 0 aromatic heterocycles. The summed E-state index contributed by atoms with van der Waals surface area (Å²) in [6.45, 7) is 6.88. The van der Waals surface area contributed by atoms with E-state index in [1.54, 1.807) is 0 Å². The lowest BCUT2D eigenvalue weighted by Gasteiger charge is -2.27. The molecule has 0 aromatic rings. The van der Waals surface area contributed by atoms with Crippen LogP contribution in [-0.2, 0) is 27.9 Å². The zero-order valence-corrected chi connectivity index (χ0v) is 52.8. The summed E-state index contributed by atoms with van der Waals surface area (Å²) >= 11 is 0. The van der Waals surface area contributed by atoms with Crippen LogP contribution in [0.1, 0.15) is 297 Å². The highest BCUT2D eigenvalue weighted by Gasteiger charge is 2.30. The molecule has 0 rings (SSSR count). The summed E-state index contributed by atoms with van der Waals surface area (Å²) in [5, 5.41) is 3.05. The van der Waals surface area contributed by atoms with Gasteiger partial charge in [0, 0.05) is 12.8 Å². The molecule has 2 N–H and O–H groups in total. The smallest absolute Gasteiger partial charge is 0.456 e. The van der Waals surface area contributed by atoms with Crippen molar-refractivity contribution < 1.29 is 37.3 Å². The molecule has 0 aliphatic heterocycles. The predicted octanol–water partition coefficient (Wildman–Crippen LogP) is 20.4. The molecule has 0 saturated carbocycles. The second-order valence-corrected chi connectivity index (χ2v) is 24.7. The molecule has 1 amide bonds. The first-order chi connectivity index (χ1) is 37.9. The molecule has 0 spiro atoms. The maximum absolute atomic E-state index is 13.5. The number of unbranched alkanes of at least 4 members (excludes halogenated alkanes) is 33. The SMILES string of the molecule is CC/C=C/C/C=C/C/C=C/CCCCCCC(=O)NC(COP(=O)(O)OCC[N+](C)(C)C)C(/C=C\CCCCCCCCCCCCC)OC(=O)CCCCCCCCCCCCCCCCC/C=C\C/C=C\CCCCC. The molecular weight excluding hydrogens is 988 g/mol. The second kappa shape index (κ2) is 57.7. The van der Waals surface area contributed by atoms with Crippen LogP contribution in [0.25, 0.3) is 0 Å². The van der Waals surface area contributed by atoms with E-state index in [2.05, 4.69) is 86.8 Å². The Balaban J connectivity index is 5.12. The van der Waals surface area contributed by atoms with Crippen LogP contribution in [-0.4, -0.2) is 74.3 Å². The maximum atomic E-state index is 13.5. The van der Waals surface area contributed by atoms with Gasteiger partial charge in [-0.3, -0.25) is 18.6 Å². The van der Waals surface area contributed by atoms with Crippen LogP contribution < -0.4 is 5.32 Å². The molecule has 0 fully saturated rings. The third-order valence-electron chi connectivity index (χ3n) is 14.4. The van der Waals surface area contributed by atoms with Crippen molar-refractivity contribution in [3.8, 4) is 0 Å². The number of esters is 1. The van der Waals surface area contributed by atoms with E-state index in [1.165, 1.54) is 167 Å². The predicted molar refractivity (Wildman–Crippen MR) is 337 cm³/mol. The van der Waals surface area contributed by atoms with Crippen molar-refractivity contribution >= 4 is 19.7 Å². The summed E-state index contributed by atoms with van der Waals surface area (Å²) in [6.07, 6.45) is 74.8. The molecule has 0 aliphatic carbocycles. The van der Waals surface area contributed by atoms with Crippen LogP contribution in [0.2, 0.25) is 0 Å². The number of quaternary nitrogens is 1. The minimum Gasteiger partial charge on any atom is -0.456 e. The quantitative estimate of drug-likeness (QED) is 0.0205. The molecule has 0 aliphatic rings. The Kier molecular flexibility index (Phi) is 55.8. The largest absolute Gasteiger partial charge is 0.472 e. The number of carbonyl (C=O) groups excluding carboxylic acids is 2. The van der Waals surface area contributed by atoms with Gasteiger partial charge in [0.1, 0.15) is 19.3 Å². The standard InChI is InChI=1S/C68H125N2O7P/c1-7-10-13-16-19-22-25-28-30-31-32-33-34-35-36-37-38-39-40-43-46-49-52-55-58-61-68(72)77-66(59-56-53-50-47-44-41-27-24-21-18-15-12-9-3)65(64-76-78(73,74)75-63-62-70(4,5)6)69-67(71)60-57-54-51-48-45-42-29-26-23-20-17-14-11-8-2/h11,14,19-20,22-23,28-30,42,56,59,65-66H,7-10,12-13,15-18,21,24-27,31-41,43-55,57-58,60-64H2,1-6H3,(H-,69,71,73,74)/p+1/b14-11+,22-19-,23-20+,30-28-,42-29+,59-56-. The number of hydrogen-bond acceptors (Lipinski definition) is 6. The summed E-state index contributed by atoms with van der Waals surface area (Å²) in [7, 11) is 1.48. The van der Waals surface area contributed by atoms with Gasteiger partial charge in [-0.25, -0.2) is 4.57 Å². The first-order valence-corrected chi connectivity index (χ1v) is 34.3. The fourth-order valence-corrected chi connectivity index (χ4v) is 10.1. The number of phosphoric acid groups is 1. The van der Waals surface area contributed by atoms with E-state index in [1.807, 2.05) is 33.3 Å². The zero-order chi connectivity index (χ0) is 57.2. The third-order valence-corrected chi connectivity index (χ3v) is 15.4. The molecule has 78 heavy (non-hydrogen) atoms. The highest BCUT2D eigenvalue weighted by molar-refractivity contribution is 7.47. The Morgan fingerprint density at radius 3 is 1.26 bits per heavy atom. The first kappa shape index (κ1) is 75.5. The van der Waals surface area contributed by atoms with Gasteiger partial charge in [-0.15, -0.1) is 0 Å². The van der Waals surface area contributed by atoms with Gasteiger partial charge in [0.05, 0.1) is 33.8 Å². The maximum Gasteiger partial charge on any atom is 0.472 e. The lowest BCUT2D eigenvalue weighted by molar-refractivity contribution is -0.870. The normalized spacial score (nSPS) is 14.1. The Hall–Kier alpha value is -2.55. The summed E-state index contributed by atoms with van der Waals surface area (Å²) in [5.74, 6) is -0.525. The number of likely N-dealkylation sites (N-methyl/N-ethyl adjacent to an activating group) is 1. The number of nitrogens with zero attached hydrogens (tertiary/aromatic N) is 1. The summed E-state index contributed by atoms with van der Waals surface area (Å²) < 4.78 is 30.7. The van der Waals surface area contributed by atoms with Crippen molar-refractivity contribution in [1.29, 1.82) is 0 Å². The Morgan fingerprint density at radius 1 is 0.462 bits per heavy atom. The Labute approximate surface area is 483 Å². The van der Waals surface area contributed by atoms with Gasteiger partial charge in [0.25, 0.3) is 0 Å². The van der Waals surface area contributed by atoms with Gasteiger partial charge < -0.3 is 19.4 Å². The number of carbonyl (C=O) groups is 2. The van der Waals surface area contributed by atoms with Gasteiger partial charge in [-0.1, -0.05) is 261 Å². The highest BCUT2D eigenvalue weighted by atomic mass is 31.2. The molecule has 10 heteroatoms. The fourth-order valence-electron chi connectivity index (χ4n) is 9.34. The van der Waals surface area contributed by atoms with Gasteiger partial charge in [-0.2, -0.15) is 0 Å². The average Bonchev–Trinajstić information content (AvgIpc) is 3.40. The number of allylic oxidation sites excluding steroid dienone is 11. The number of hydrogen-bond donors (Lipinski definition) is 2. The molecule has 0 heterocycles. The van der Waals surface area contributed by atoms with Crippen molar-refractivity contribution in [3.05, 3.63) is 72.9 Å². The van der Waals surface area contributed by atoms with Crippen LogP contribution >= 0.6 is 7.82 Å². The second-order valence-electron chi connectivity index (χ2n) is 23.3. The minimum absolute atomic E-state index is 0.0343. The van der Waals surface area contributed by atoms with Crippen molar-refractivity contribution in [1.82, 2.24) is 5.32 Å². The fraction of sp³-hybridized carbons (Fsp3) is 0.794. The zero-order valence-electron chi connectivity index (χ0n) is 51.9. The number of nitrogens with one attached hydrogen (secondary N) is 1. The topological polar surface area (TPSA) is 111 Å². The molecule has 0 bridgehead atoms. The van der Waals surface area contributed by atoms with Crippen LogP contribution in [0.5, 0.6) is 0 Å². The van der Waals surface area contributed by atoms with Crippen molar-refractivity contribution in [2.75, 3.05) is 40.9 Å². The summed E-state index contributed by atoms with van der Waals surface area (Å²) in [4.78, 5) is 37.7. The van der Waals surface area contributed by atoms with Crippen molar-refractivity contribution in [2.24, 2.45) is 0 Å². The monoisotopic (exact) mass is 1110 g/mol. The minimum atomic E-state index is -4.46.